The van der Waals surface area contributed by atoms with E-state index in [1.54, 1.807) is 0 Å². The number of hydrogen-bond donors (Lipinski definition) is 0. The van der Waals surface area contributed by atoms with Crippen molar-refractivity contribution in [3.8, 4) is 22.3 Å². The summed E-state index contributed by atoms with van der Waals surface area (Å²) in [4.78, 5) is 0. The van der Waals surface area contributed by atoms with Crippen molar-refractivity contribution in [2.45, 2.75) is 24.7 Å². The molecule has 0 bridgehead atoms. The van der Waals surface area contributed by atoms with Gasteiger partial charge in [-0.25, -0.2) is 0 Å². The minimum absolute atomic E-state index is 0.458. The Bertz CT molecular complexity index is 2050. The van der Waals surface area contributed by atoms with Crippen molar-refractivity contribution in [1.29, 1.82) is 0 Å². The molecule has 9 rings (SSSR count). The van der Waals surface area contributed by atoms with E-state index in [2.05, 4.69) is 184 Å². The molecule has 0 atom stereocenters. The molecule has 0 heterocycles. The molecule has 2 aliphatic carbocycles. The maximum atomic E-state index is 2.53. The van der Waals surface area contributed by atoms with Gasteiger partial charge in [-0.1, -0.05) is 181 Å². The lowest BCUT2D eigenvalue weighted by Crippen LogP contribution is -2.32. The van der Waals surface area contributed by atoms with Crippen LogP contribution in [0.15, 0.2) is 170 Å². The average Bonchev–Trinajstić information content (AvgIpc) is 3.58. The molecule has 0 amide bonds. The molecule has 0 nitrogen and oxygen atoms in total. The van der Waals surface area contributed by atoms with E-state index in [0.29, 0.717) is 0 Å². The Hall–Kier alpha value is -5.46. The van der Waals surface area contributed by atoms with Crippen LogP contribution in [-0.4, -0.2) is 0 Å². The Morgan fingerprint density at radius 1 is 0.283 bits per heavy atom. The fourth-order valence-corrected chi connectivity index (χ4v) is 8.79. The van der Waals surface area contributed by atoms with Gasteiger partial charge in [0.15, 0.2) is 0 Å². The minimum atomic E-state index is -0.458. The molecule has 0 N–H and O–H groups in total. The van der Waals surface area contributed by atoms with Crippen molar-refractivity contribution in [2.24, 2.45) is 0 Å². The van der Waals surface area contributed by atoms with Crippen molar-refractivity contribution in [2.75, 3.05) is 0 Å². The molecule has 0 unspecified atom stereocenters. The summed E-state index contributed by atoms with van der Waals surface area (Å²) in [6.07, 6.45) is 0. The summed E-state index contributed by atoms with van der Waals surface area (Å²) in [6.45, 7) is 4.42. The third-order valence-corrected chi connectivity index (χ3v) is 10.5. The maximum Gasteiger partial charge on any atom is 0.0713 e. The second-order valence-corrected chi connectivity index (χ2v) is 13.0. The molecular weight excluding hydrogens is 553 g/mol. The zero-order valence-electron chi connectivity index (χ0n) is 26.2. The first-order valence-corrected chi connectivity index (χ1v) is 16.3. The zero-order chi connectivity index (χ0) is 30.9. The van der Waals surface area contributed by atoms with Gasteiger partial charge in [-0.05, 0) is 80.6 Å². The highest BCUT2D eigenvalue weighted by molar-refractivity contribution is 5.88. The van der Waals surface area contributed by atoms with Gasteiger partial charge in [0, 0.05) is 0 Å². The molecule has 7 aromatic carbocycles. The monoisotopic (exact) mass is 586 g/mol. The lowest BCUT2D eigenvalue weighted by atomic mass is 9.64. The third-order valence-electron chi connectivity index (χ3n) is 10.5. The highest BCUT2D eigenvalue weighted by Gasteiger charge is 2.49. The summed E-state index contributed by atoms with van der Waals surface area (Å²) in [5.41, 5.74) is 17.4. The van der Waals surface area contributed by atoms with E-state index >= 15 is 0 Å². The summed E-state index contributed by atoms with van der Waals surface area (Å²) in [5, 5.41) is 0. The first kappa shape index (κ1) is 26.9. The van der Waals surface area contributed by atoms with Crippen LogP contribution in [-0.2, 0) is 10.8 Å². The molecule has 0 aliphatic heterocycles. The summed E-state index contributed by atoms with van der Waals surface area (Å²) in [7, 11) is 0. The van der Waals surface area contributed by atoms with E-state index in [-0.39, 0.29) is 0 Å². The van der Waals surface area contributed by atoms with Gasteiger partial charge in [-0.15, -0.1) is 0 Å². The summed E-state index contributed by atoms with van der Waals surface area (Å²) in [6, 6.07) is 64.0. The number of rotatable bonds is 4. The van der Waals surface area contributed by atoms with E-state index in [0.717, 1.165) is 0 Å². The number of hydrogen-bond acceptors (Lipinski definition) is 0. The lowest BCUT2D eigenvalue weighted by molar-refractivity contribution is 0.739. The van der Waals surface area contributed by atoms with Crippen LogP contribution in [0, 0.1) is 13.8 Å². The first-order valence-electron chi connectivity index (χ1n) is 16.3. The summed E-state index contributed by atoms with van der Waals surface area (Å²) in [5.74, 6) is 0. The quantitative estimate of drug-likeness (QED) is 0.192. The van der Waals surface area contributed by atoms with Crippen molar-refractivity contribution >= 4 is 0 Å². The van der Waals surface area contributed by atoms with Crippen molar-refractivity contribution < 1.29 is 0 Å². The van der Waals surface area contributed by atoms with Crippen LogP contribution in [0.5, 0.6) is 0 Å². The number of benzene rings is 7. The Balaban J connectivity index is 1.42. The van der Waals surface area contributed by atoms with Crippen molar-refractivity contribution in [3.63, 3.8) is 0 Å². The van der Waals surface area contributed by atoms with Gasteiger partial charge in [0.25, 0.3) is 0 Å². The Morgan fingerprint density at radius 2 is 0.565 bits per heavy atom. The highest BCUT2D eigenvalue weighted by Crippen LogP contribution is 2.59. The van der Waals surface area contributed by atoms with Gasteiger partial charge in [-0.2, -0.15) is 0 Å². The van der Waals surface area contributed by atoms with Crippen LogP contribution in [0.25, 0.3) is 22.3 Å². The highest BCUT2D eigenvalue weighted by atomic mass is 14.5. The predicted octanol–water partition coefficient (Wildman–Crippen LogP) is 11.0. The molecule has 218 valence electrons. The van der Waals surface area contributed by atoms with E-state index in [1.165, 1.54) is 77.9 Å². The zero-order valence-corrected chi connectivity index (χ0v) is 26.2. The number of aryl methyl sites for hydroxylation is 2. The fraction of sp³-hybridized carbons (Fsp3) is 0.0870. The molecule has 2 aliphatic rings. The Labute approximate surface area is 271 Å². The topological polar surface area (TPSA) is 0 Å². The second kappa shape index (κ2) is 10.0. The SMILES string of the molecule is Cc1cccc(C2(c3cccc(C4(c5cccc(C)c5)c5ccccc5-c5ccccc54)c3)c3ccccc3-c3ccccc32)c1. The lowest BCUT2D eigenvalue weighted by Gasteiger charge is -2.37. The molecule has 7 aromatic rings. The van der Waals surface area contributed by atoms with Crippen LogP contribution in [0.3, 0.4) is 0 Å². The smallest absolute Gasteiger partial charge is 0.0619 e. The largest absolute Gasteiger partial charge is 0.0713 e. The van der Waals surface area contributed by atoms with Crippen LogP contribution < -0.4 is 0 Å². The van der Waals surface area contributed by atoms with Crippen LogP contribution >= 0.6 is 0 Å². The van der Waals surface area contributed by atoms with Crippen LogP contribution in [0.4, 0.5) is 0 Å². The summed E-state index contributed by atoms with van der Waals surface area (Å²) < 4.78 is 0. The molecule has 0 saturated carbocycles. The van der Waals surface area contributed by atoms with Gasteiger partial charge >= 0.3 is 0 Å². The van der Waals surface area contributed by atoms with Crippen molar-refractivity contribution in [3.05, 3.63) is 225 Å². The van der Waals surface area contributed by atoms with E-state index in [4.69, 9.17) is 0 Å². The molecule has 46 heavy (non-hydrogen) atoms. The Kier molecular flexibility index (Phi) is 5.86. The van der Waals surface area contributed by atoms with E-state index in [1.807, 2.05) is 0 Å². The van der Waals surface area contributed by atoms with Gasteiger partial charge in [0.2, 0.25) is 0 Å². The molecule has 0 heteroatoms. The predicted molar refractivity (Wildman–Crippen MR) is 191 cm³/mol. The van der Waals surface area contributed by atoms with Gasteiger partial charge in [0.1, 0.15) is 0 Å². The normalized spacial score (nSPS) is 14.7. The summed E-state index contributed by atoms with van der Waals surface area (Å²) >= 11 is 0. The third kappa shape index (κ3) is 3.50. The molecular formula is C46H34. The molecule has 0 fully saturated rings. The minimum Gasteiger partial charge on any atom is -0.0619 e. The van der Waals surface area contributed by atoms with E-state index < -0.39 is 10.8 Å². The second-order valence-electron chi connectivity index (χ2n) is 13.0. The molecule has 0 spiro atoms. The molecule has 0 aromatic heterocycles. The Morgan fingerprint density at radius 3 is 0.891 bits per heavy atom. The first-order chi connectivity index (χ1) is 22.6. The standard InChI is InChI=1S/C46H34/c1-31-14-11-16-33(28-31)45(41-24-7-3-20-37(41)38-21-4-8-25-42(38)45)35-18-13-19-36(30-35)46(34-17-12-15-32(2)29-34)43-26-9-5-22-39(43)40-23-6-10-27-44(40)46/h3-30H,1-2H3. The van der Waals surface area contributed by atoms with Gasteiger partial charge in [0.05, 0.1) is 10.8 Å². The molecule has 0 saturated heterocycles. The van der Waals surface area contributed by atoms with Crippen LogP contribution in [0.2, 0.25) is 0 Å². The number of fused-ring (bicyclic) bond motifs is 6. The van der Waals surface area contributed by atoms with E-state index in [9.17, 15) is 0 Å². The van der Waals surface area contributed by atoms with Gasteiger partial charge < -0.3 is 0 Å². The maximum absolute atomic E-state index is 2.53. The molecule has 0 radical (unpaired) electrons. The van der Waals surface area contributed by atoms with Crippen LogP contribution in [0.1, 0.15) is 55.6 Å². The fourth-order valence-electron chi connectivity index (χ4n) is 8.79. The van der Waals surface area contributed by atoms with Gasteiger partial charge in [-0.3, -0.25) is 0 Å². The van der Waals surface area contributed by atoms with Crippen molar-refractivity contribution in [1.82, 2.24) is 0 Å². The average molecular weight is 587 g/mol.